The van der Waals surface area contributed by atoms with Crippen LogP contribution in [0.15, 0.2) is 0 Å². The van der Waals surface area contributed by atoms with Gasteiger partial charge >= 0.3 is 6.09 Å². The summed E-state index contributed by atoms with van der Waals surface area (Å²) in [5.74, 6) is 0. The van der Waals surface area contributed by atoms with E-state index in [1.807, 2.05) is 0 Å². The van der Waals surface area contributed by atoms with Gasteiger partial charge < -0.3 is 15.6 Å². The number of aliphatic hydroxyl groups is 1. The van der Waals surface area contributed by atoms with Crippen LogP contribution in [-0.2, 0) is 4.74 Å². The average Bonchev–Trinajstić information content (AvgIpc) is 2.06. The first-order valence-electron chi connectivity index (χ1n) is 5.24. The molecule has 0 aromatic carbocycles. The molecule has 2 unspecified atom stereocenters. The van der Waals surface area contributed by atoms with Crippen molar-refractivity contribution in [3.05, 3.63) is 0 Å². The summed E-state index contributed by atoms with van der Waals surface area (Å²) in [6.07, 6.45) is -0.345. The van der Waals surface area contributed by atoms with E-state index in [0.717, 1.165) is 6.42 Å². The summed E-state index contributed by atoms with van der Waals surface area (Å²) in [5, 5.41) is 9.52. The summed E-state index contributed by atoms with van der Waals surface area (Å²) in [4.78, 5) is 13.1. The fraction of sp³-hybridized carbons (Fsp3) is 0.900. The molecule has 1 aliphatic rings. The summed E-state index contributed by atoms with van der Waals surface area (Å²) in [5.41, 5.74) is 5.19. The van der Waals surface area contributed by atoms with Crippen molar-refractivity contribution in [3.63, 3.8) is 0 Å². The number of rotatable bonds is 0. The molecule has 0 aromatic heterocycles. The molecule has 1 heterocycles. The first kappa shape index (κ1) is 12.3. The number of aliphatic hydroxyl groups excluding tert-OH is 1. The Morgan fingerprint density at radius 2 is 2.13 bits per heavy atom. The van der Waals surface area contributed by atoms with Crippen LogP contribution in [0.1, 0.15) is 33.6 Å². The van der Waals surface area contributed by atoms with Crippen molar-refractivity contribution < 1.29 is 14.6 Å². The third-order valence-electron chi connectivity index (χ3n) is 2.28. The van der Waals surface area contributed by atoms with Crippen molar-refractivity contribution in [2.24, 2.45) is 5.73 Å². The summed E-state index contributed by atoms with van der Waals surface area (Å²) < 4.78 is 5.19. The van der Waals surface area contributed by atoms with Gasteiger partial charge in [-0.1, -0.05) is 0 Å². The number of carbonyl (C=O) groups excluding carboxylic acids is 1. The summed E-state index contributed by atoms with van der Waals surface area (Å²) in [7, 11) is 0. The lowest BCUT2D eigenvalue weighted by atomic mass is 10.1. The van der Waals surface area contributed by atoms with Gasteiger partial charge in [-0.05, 0) is 33.6 Å². The number of carbonyl (C=O) groups is 1. The summed E-state index contributed by atoms with van der Waals surface area (Å²) in [6.45, 7) is 5.96. The van der Waals surface area contributed by atoms with Crippen molar-refractivity contribution in [1.82, 2.24) is 4.90 Å². The zero-order valence-electron chi connectivity index (χ0n) is 9.56. The van der Waals surface area contributed by atoms with E-state index in [1.165, 1.54) is 4.90 Å². The molecule has 88 valence electrons. The third-order valence-corrected chi connectivity index (χ3v) is 2.28. The SMILES string of the molecule is CC(C)(C)OC(=O)N1CCCC(O)C1N. The minimum Gasteiger partial charge on any atom is -0.444 e. The molecule has 3 N–H and O–H groups in total. The van der Waals surface area contributed by atoms with Crippen molar-refractivity contribution in [2.75, 3.05) is 6.54 Å². The van der Waals surface area contributed by atoms with Gasteiger partial charge in [0, 0.05) is 6.54 Å². The number of hydrogen-bond donors (Lipinski definition) is 2. The van der Waals surface area contributed by atoms with Gasteiger partial charge in [-0.3, -0.25) is 4.90 Å². The molecular weight excluding hydrogens is 196 g/mol. The highest BCUT2D eigenvalue weighted by Gasteiger charge is 2.33. The zero-order chi connectivity index (χ0) is 11.6. The van der Waals surface area contributed by atoms with E-state index >= 15 is 0 Å². The molecule has 1 rings (SSSR count). The Morgan fingerprint density at radius 1 is 1.53 bits per heavy atom. The lowest BCUT2D eigenvalue weighted by molar-refractivity contribution is -0.0212. The van der Waals surface area contributed by atoms with Crippen molar-refractivity contribution in [2.45, 2.75) is 51.5 Å². The van der Waals surface area contributed by atoms with Crippen LogP contribution in [0.5, 0.6) is 0 Å². The van der Waals surface area contributed by atoms with Crippen LogP contribution in [0.4, 0.5) is 4.79 Å². The first-order chi connectivity index (χ1) is 6.81. The predicted molar refractivity (Wildman–Crippen MR) is 56.2 cm³/mol. The second-order valence-corrected chi connectivity index (χ2v) is 4.87. The van der Waals surface area contributed by atoms with Crippen LogP contribution < -0.4 is 5.73 Å². The van der Waals surface area contributed by atoms with Gasteiger partial charge in [0.2, 0.25) is 0 Å². The summed E-state index contributed by atoms with van der Waals surface area (Å²) >= 11 is 0. The van der Waals surface area contributed by atoms with E-state index in [0.29, 0.717) is 13.0 Å². The molecule has 5 heteroatoms. The highest BCUT2D eigenvalue weighted by molar-refractivity contribution is 5.68. The number of ether oxygens (including phenoxy) is 1. The van der Waals surface area contributed by atoms with Gasteiger partial charge in [0.15, 0.2) is 0 Å². The van der Waals surface area contributed by atoms with Crippen LogP contribution in [0.2, 0.25) is 0 Å². The molecule has 0 aliphatic carbocycles. The predicted octanol–water partition coefficient (Wildman–Crippen LogP) is 0.663. The average molecular weight is 216 g/mol. The fourth-order valence-corrected chi connectivity index (χ4v) is 1.53. The number of nitrogens with zero attached hydrogens (tertiary/aromatic N) is 1. The lowest BCUT2D eigenvalue weighted by Gasteiger charge is -2.37. The largest absolute Gasteiger partial charge is 0.444 e. The smallest absolute Gasteiger partial charge is 0.411 e. The van der Waals surface area contributed by atoms with E-state index in [9.17, 15) is 9.90 Å². The number of hydrogen-bond acceptors (Lipinski definition) is 4. The van der Waals surface area contributed by atoms with Crippen LogP contribution in [-0.4, -0.2) is 40.5 Å². The summed E-state index contributed by atoms with van der Waals surface area (Å²) in [6, 6.07) is 0. The molecule has 0 radical (unpaired) electrons. The Morgan fingerprint density at radius 3 is 2.67 bits per heavy atom. The van der Waals surface area contributed by atoms with Crippen LogP contribution >= 0.6 is 0 Å². The second-order valence-electron chi connectivity index (χ2n) is 4.87. The first-order valence-corrected chi connectivity index (χ1v) is 5.24. The molecule has 2 atom stereocenters. The minimum atomic E-state index is -0.647. The topological polar surface area (TPSA) is 75.8 Å². The van der Waals surface area contributed by atoms with E-state index in [-0.39, 0.29) is 0 Å². The molecule has 0 aromatic rings. The lowest BCUT2D eigenvalue weighted by Crippen LogP contribution is -2.56. The van der Waals surface area contributed by atoms with E-state index in [4.69, 9.17) is 10.5 Å². The standard InChI is InChI=1S/C10H20N2O3/c1-10(2,3)15-9(14)12-6-4-5-7(13)8(12)11/h7-8,13H,4-6,11H2,1-3H3. The maximum absolute atomic E-state index is 11.7. The van der Waals surface area contributed by atoms with E-state index < -0.39 is 24.0 Å². The Hall–Kier alpha value is -0.810. The van der Waals surface area contributed by atoms with Gasteiger partial charge in [-0.25, -0.2) is 4.79 Å². The maximum atomic E-state index is 11.7. The van der Waals surface area contributed by atoms with Gasteiger partial charge in [0.1, 0.15) is 11.8 Å². The quantitative estimate of drug-likeness (QED) is 0.624. The zero-order valence-corrected chi connectivity index (χ0v) is 9.56. The normalized spacial score (nSPS) is 27.7. The minimum absolute atomic E-state index is 0.450. The number of piperidine rings is 1. The molecule has 1 amide bonds. The Labute approximate surface area is 90.2 Å². The van der Waals surface area contributed by atoms with Gasteiger partial charge in [-0.2, -0.15) is 0 Å². The van der Waals surface area contributed by atoms with Gasteiger partial charge in [0.25, 0.3) is 0 Å². The van der Waals surface area contributed by atoms with Crippen molar-refractivity contribution in [3.8, 4) is 0 Å². The van der Waals surface area contributed by atoms with E-state index in [1.54, 1.807) is 20.8 Å². The van der Waals surface area contributed by atoms with Gasteiger partial charge in [0.05, 0.1) is 6.10 Å². The Balaban J connectivity index is 2.59. The Bertz CT molecular complexity index is 237. The van der Waals surface area contributed by atoms with Gasteiger partial charge in [-0.15, -0.1) is 0 Å². The molecule has 1 saturated heterocycles. The highest BCUT2D eigenvalue weighted by Crippen LogP contribution is 2.17. The van der Waals surface area contributed by atoms with Crippen LogP contribution in [0.3, 0.4) is 0 Å². The molecule has 15 heavy (non-hydrogen) atoms. The molecule has 0 bridgehead atoms. The van der Waals surface area contributed by atoms with E-state index in [2.05, 4.69) is 0 Å². The fourth-order valence-electron chi connectivity index (χ4n) is 1.53. The maximum Gasteiger partial charge on any atom is 0.411 e. The monoisotopic (exact) mass is 216 g/mol. The third kappa shape index (κ3) is 3.35. The highest BCUT2D eigenvalue weighted by atomic mass is 16.6. The second kappa shape index (κ2) is 4.37. The van der Waals surface area contributed by atoms with Crippen LogP contribution in [0.25, 0.3) is 0 Å². The Kier molecular flexibility index (Phi) is 3.57. The number of amides is 1. The molecule has 5 nitrogen and oxygen atoms in total. The molecule has 0 spiro atoms. The molecule has 1 aliphatic heterocycles. The van der Waals surface area contributed by atoms with Crippen molar-refractivity contribution >= 4 is 6.09 Å². The number of nitrogens with two attached hydrogens (primary N) is 1. The number of likely N-dealkylation sites (tertiary alicyclic amines) is 1. The molecule has 0 saturated carbocycles. The van der Waals surface area contributed by atoms with Crippen molar-refractivity contribution in [1.29, 1.82) is 0 Å². The molecular formula is C10H20N2O3. The van der Waals surface area contributed by atoms with Crippen LogP contribution in [0, 0.1) is 0 Å². The molecule has 1 fully saturated rings.